The van der Waals surface area contributed by atoms with Gasteiger partial charge in [-0.2, -0.15) is 9.97 Å². The SMILES string of the molecule is CC.CC.Cc1ccc(Nc2nc(C)nc(C)n2)cc1. The average molecular weight is 274 g/mol. The van der Waals surface area contributed by atoms with Gasteiger partial charge in [0.25, 0.3) is 0 Å². The zero-order chi connectivity index (χ0) is 15.5. The molecule has 0 spiro atoms. The topological polar surface area (TPSA) is 50.7 Å². The number of aryl methyl sites for hydroxylation is 3. The average Bonchev–Trinajstić information content (AvgIpc) is 2.45. The van der Waals surface area contributed by atoms with E-state index >= 15 is 0 Å². The summed E-state index contributed by atoms with van der Waals surface area (Å²) < 4.78 is 0. The highest BCUT2D eigenvalue weighted by Gasteiger charge is 2.00. The zero-order valence-corrected chi connectivity index (χ0v) is 13.7. The first-order valence-electron chi connectivity index (χ1n) is 7.16. The van der Waals surface area contributed by atoms with Crippen molar-refractivity contribution in [3.8, 4) is 0 Å². The molecule has 4 nitrogen and oxygen atoms in total. The summed E-state index contributed by atoms with van der Waals surface area (Å²) in [6.45, 7) is 13.8. The fourth-order valence-electron chi connectivity index (χ4n) is 1.44. The van der Waals surface area contributed by atoms with Crippen LogP contribution in [0.3, 0.4) is 0 Å². The van der Waals surface area contributed by atoms with Gasteiger partial charge in [-0.25, -0.2) is 4.98 Å². The predicted octanol–water partition coefficient (Wildman–Crippen LogP) is 4.59. The number of anilines is 2. The van der Waals surface area contributed by atoms with Gasteiger partial charge in [-0.3, -0.25) is 0 Å². The van der Waals surface area contributed by atoms with E-state index in [1.165, 1.54) is 5.56 Å². The first-order chi connectivity index (χ1) is 9.63. The lowest BCUT2D eigenvalue weighted by atomic mass is 10.2. The number of aromatic nitrogens is 3. The normalized spacial score (nSPS) is 8.75. The Kier molecular flexibility index (Phi) is 8.92. The molecule has 0 radical (unpaired) electrons. The van der Waals surface area contributed by atoms with E-state index in [4.69, 9.17) is 0 Å². The quantitative estimate of drug-likeness (QED) is 0.870. The second kappa shape index (κ2) is 9.89. The molecular weight excluding hydrogens is 248 g/mol. The van der Waals surface area contributed by atoms with Gasteiger partial charge in [0.05, 0.1) is 0 Å². The maximum absolute atomic E-state index is 4.22. The maximum atomic E-state index is 4.22. The number of hydrogen-bond acceptors (Lipinski definition) is 4. The van der Waals surface area contributed by atoms with Crippen molar-refractivity contribution in [1.82, 2.24) is 15.0 Å². The first-order valence-corrected chi connectivity index (χ1v) is 7.16. The molecule has 1 aromatic heterocycles. The number of rotatable bonds is 2. The highest BCUT2D eigenvalue weighted by atomic mass is 15.2. The molecule has 20 heavy (non-hydrogen) atoms. The number of nitrogens with one attached hydrogen (secondary N) is 1. The molecule has 1 N–H and O–H groups in total. The Balaban J connectivity index is 0.000000829. The molecule has 0 bridgehead atoms. The minimum atomic E-state index is 0.592. The van der Waals surface area contributed by atoms with Crippen LogP contribution in [0.4, 0.5) is 11.6 Å². The molecule has 0 saturated heterocycles. The standard InChI is InChI=1S/C12H14N4.2C2H6/c1-8-4-6-11(7-5-8)16-12-14-9(2)13-10(3)15-12;2*1-2/h4-7H,1-3H3,(H,13,14,15,16);2*1-2H3. The monoisotopic (exact) mass is 274 g/mol. The van der Waals surface area contributed by atoms with Crippen LogP contribution in [0.5, 0.6) is 0 Å². The second-order valence-electron chi connectivity index (χ2n) is 3.74. The summed E-state index contributed by atoms with van der Waals surface area (Å²) in [5.74, 6) is 2.04. The molecule has 1 heterocycles. The molecule has 0 aliphatic carbocycles. The molecule has 0 aliphatic rings. The first kappa shape index (κ1) is 18.0. The van der Waals surface area contributed by atoms with E-state index in [1.807, 2.05) is 65.8 Å². The van der Waals surface area contributed by atoms with Crippen molar-refractivity contribution in [1.29, 1.82) is 0 Å². The molecule has 2 aromatic rings. The molecule has 2 rings (SSSR count). The van der Waals surface area contributed by atoms with Gasteiger partial charge in [-0.05, 0) is 32.9 Å². The van der Waals surface area contributed by atoms with E-state index in [0.29, 0.717) is 5.95 Å². The summed E-state index contributed by atoms with van der Waals surface area (Å²) in [4.78, 5) is 12.6. The number of hydrogen-bond donors (Lipinski definition) is 1. The molecule has 0 atom stereocenters. The van der Waals surface area contributed by atoms with Crippen LogP contribution in [0.25, 0.3) is 0 Å². The largest absolute Gasteiger partial charge is 0.324 e. The lowest BCUT2D eigenvalue weighted by Crippen LogP contribution is -2.02. The van der Waals surface area contributed by atoms with Crippen molar-refractivity contribution >= 4 is 11.6 Å². The van der Waals surface area contributed by atoms with Gasteiger partial charge in [0.2, 0.25) is 5.95 Å². The maximum Gasteiger partial charge on any atom is 0.230 e. The summed E-state index contributed by atoms with van der Waals surface area (Å²) in [6, 6.07) is 8.10. The van der Waals surface area contributed by atoms with Crippen molar-refractivity contribution in [3.63, 3.8) is 0 Å². The Morgan fingerprint density at radius 2 is 1.15 bits per heavy atom. The third kappa shape index (κ3) is 6.27. The van der Waals surface area contributed by atoms with E-state index in [2.05, 4.69) is 27.2 Å². The van der Waals surface area contributed by atoms with Crippen LogP contribution in [0.15, 0.2) is 24.3 Å². The van der Waals surface area contributed by atoms with Crippen molar-refractivity contribution in [2.45, 2.75) is 48.5 Å². The Bertz CT molecular complexity index is 472. The molecular formula is C16H26N4. The van der Waals surface area contributed by atoms with Crippen LogP contribution in [0.1, 0.15) is 44.9 Å². The van der Waals surface area contributed by atoms with E-state index in [-0.39, 0.29) is 0 Å². The van der Waals surface area contributed by atoms with Crippen LogP contribution in [0, 0.1) is 20.8 Å². The molecule has 4 heteroatoms. The number of benzene rings is 1. The van der Waals surface area contributed by atoms with E-state index in [0.717, 1.165) is 17.3 Å². The molecule has 110 valence electrons. The van der Waals surface area contributed by atoms with Crippen LogP contribution in [-0.2, 0) is 0 Å². The highest BCUT2D eigenvalue weighted by Crippen LogP contribution is 2.13. The summed E-state index contributed by atoms with van der Waals surface area (Å²) in [5.41, 5.74) is 2.21. The highest BCUT2D eigenvalue weighted by molar-refractivity contribution is 5.53. The summed E-state index contributed by atoms with van der Waals surface area (Å²) >= 11 is 0. The fourth-order valence-corrected chi connectivity index (χ4v) is 1.44. The van der Waals surface area contributed by atoms with Crippen LogP contribution in [0.2, 0.25) is 0 Å². The lowest BCUT2D eigenvalue weighted by molar-refractivity contribution is 0.928. The number of nitrogens with zero attached hydrogens (tertiary/aromatic N) is 3. The van der Waals surface area contributed by atoms with Crippen LogP contribution in [-0.4, -0.2) is 15.0 Å². The molecule has 0 fully saturated rings. The Morgan fingerprint density at radius 3 is 1.60 bits per heavy atom. The Morgan fingerprint density at radius 1 is 0.700 bits per heavy atom. The minimum absolute atomic E-state index is 0.592. The molecule has 0 aliphatic heterocycles. The van der Waals surface area contributed by atoms with Crippen molar-refractivity contribution in [2.24, 2.45) is 0 Å². The van der Waals surface area contributed by atoms with E-state index in [9.17, 15) is 0 Å². The van der Waals surface area contributed by atoms with Crippen molar-refractivity contribution < 1.29 is 0 Å². The third-order valence-corrected chi connectivity index (χ3v) is 2.17. The van der Waals surface area contributed by atoms with Crippen molar-refractivity contribution in [3.05, 3.63) is 41.5 Å². The van der Waals surface area contributed by atoms with Crippen LogP contribution >= 0.6 is 0 Å². The Hall–Kier alpha value is -1.97. The van der Waals surface area contributed by atoms with Gasteiger partial charge in [0, 0.05) is 5.69 Å². The third-order valence-electron chi connectivity index (χ3n) is 2.17. The molecule has 0 amide bonds. The van der Waals surface area contributed by atoms with Gasteiger partial charge in [-0.15, -0.1) is 0 Å². The van der Waals surface area contributed by atoms with Gasteiger partial charge >= 0.3 is 0 Å². The minimum Gasteiger partial charge on any atom is -0.324 e. The zero-order valence-electron chi connectivity index (χ0n) is 13.7. The Labute approximate surface area is 122 Å². The van der Waals surface area contributed by atoms with Gasteiger partial charge in [0.1, 0.15) is 11.6 Å². The smallest absolute Gasteiger partial charge is 0.230 e. The molecule has 1 aromatic carbocycles. The van der Waals surface area contributed by atoms with Crippen LogP contribution < -0.4 is 5.32 Å². The van der Waals surface area contributed by atoms with Gasteiger partial charge in [0.15, 0.2) is 0 Å². The second-order valence-corrected chi connectivity index (χ2v) is 3.74. The fraction of sp³-hybridized carbons (Fsp3) is 0.438. The lowest BCUT2D eigenvalue weighted by Gasteiger charge is -2.05. The predicted molar refractivity (Wildman–Crippen MR) is 86.5 cm³/mol. The summed E-state index contributed by atoms with van der Waals surface area (Å²) in [6.07, 6.45) is 0. The van der Waals surface area contributed by atoms with Gasteiger partial charge < -0.3 is 5.32 Å². The van der Waals surface area contributed by atoms with Crippen molar-refractivity contribution in [2.75, 3.05) is 5.32 Å². The summed E-state index contributed by atoms with van der Waals surface area (Å²) in [7, 11) is 0. The molecule has 0 saturated carbocycles. The molecule has 0 unspecified atom stereocenters. The van der Waals surface area contributed by atoms with E-state index < -0.39 is 0 Å². The van der Waals surface area contributed by atoms with E-state index in [1.54, 1.807) is 0 Å². The summed E-state index contributed by atoms with van der Waals surface area (Å²) in [5, 5.41) is 3.15. The van der Waals surface area contributed by atoms with Gasteiger partial charge in [-0.1, -0.05) is 45.4 Å².